The number of amides is 1. The van der Waals surface area contributed by atoms with Crippen molar-refractivity contribution in [2.24, 2.45) is 0 Å². The lowest BCUT2D eigenvalue weighted by Gasteiger charge is -2.18. The van der Waals surface area contributed by atoms with Gasteiger partial charge in [0.25, 0.3) is 0 Å². The molecule has 170 valence electrons. The molecule has 0 unspecified atom stereocenters. The second-order valence-electron chi connectivity index (χ2n) is 7.82. The van der Waals surface area contributed by atoms with E-state index in [9.17, 15) is 31.1 Å². The van der Waals surface area contributed by atoms with Crippen LogP contribution in [0.1, 0.15) is 31.7 Å². The van der Waals surface area contributed by atoms with Gasteiger partial charge in [0.05, 0.1) is 10.9 Å². The van der Waals surface area contributed by atoms with Crippen LogP contribution in [0.3, 0.4) is 0 Å². The van der Waals surface area contributed by atoms with Gasteiger partial charge in [0, 0.05) is 24.6 Å². The van der Waals surface area contributed by atoms with Crippen molar-refractivity contribution >= 4 is 39.8 Å². The number of hydrogen-bond acceptors (Lipinski definition) is 4. The highest BCUT2D eigenvalue weighted by atomic mass is 127. The molecule has 1 aliphatic rings. The van der Waals surface area contributed by atoms with Crippen LogP contribution in [0.2, 0.25) is 0 Å². The quantitative estimate of drug-likeness (QED) is 0.276. The second kappa shape index (κ2) is 7.28. The van der Waals surface area contributed by atoms with E-state index >= 15 is 0 Å². The average Bonchev–Trinajstić information content (AvgIpc) is 3.13. The van der Waals surface area contributed by atoms with Crippen molar-refractivity contribution in [1.82, 2.24) is 19.4 Å². The molecule has 6 nitrogen and oxygen atoms in total. The molecule has 0 spiro atoms. The number of alkyl halides is 5. The standard InChI is InChI=1S/C19H14F6IN5O/c1-17(2)11-13(26)28-15(29-14(11)30-16(17)32)12-9-4-3-8(20)7-31(9)10(27-12)5-6-18(21,22)19(23,24)25/h3-4,7H,5-6H2,1-2H3,(H,28,29,30,32). The number of fused-ring (bicyclic) bond motifs is 2. The number of rotatable bonds is 4. The molecule has 0 bridgehead atoms. The van der Waals surface area contributed by atoms with Gasteiger partial charge < -0.3 is 9.72 Å². The van der Waals surface area contributed by atoms with Crippen molar-refractivity contribution < 1.29 is 31.1 Å². The first-order valence-electron chi connectivity index (χ1n) is 9.23. The molecule has 13 heteroatoms. The summed E-state index contributed by atoms with van der Waals surface area (Å²) in [6.45, 7) is 3.40. The van der Waals surface area contributed by atoms with Crippen LogP contribution >= 0.6 is 22.6 Å². The Bertz CT molecular complexity index is 1250. The van der Waals surface area contributed by atoms with Crippen LogP contribution in [-0.4, -0.2) is 37.4 Å². The van der Waals surface area contributed by atoms with Gasteiger partial charge in [0.15, 0.2) is 5.82 Å². The SMILES string of the molecule is CC1(C)C(=O)Nc2nc(-c3nc(CCC(F)(F)C(F)(F)F)n4cc(F)ccc34)nc(I)c21. The lowest BCUT2D eigenvalue weighted by atomic mass is 9.88. The average molecular weight is 569 g/mol. The number of anilines is 1. The predicted octanol–water partition coefficient (Wildman–Crippen LogP) is 4.89. The molecule has 0 saturated heterocycles. The van der Waals surface area contributed by atoms with E-state index < -0.39 is 36.2 Å². The minimum absolute atomic E-state index is 0.0177. The molecule has 0 aromatic carbocycles. The summed E-state index contributed by atoms with van der Waals surface area (Å²) in [6.07, 6.45) is -7.10. The maximum Gasteiger partial charge on any atom is 0.453 e. The molecule has 32 heavy (non-hydrogen) atoms. The monoisotopic (exact) mass is 569 g/mol. The van der Waals surface area contributed by atoms with E-state index in [0.29, 0.717) is 9.26 Å². The van der Waals surface area contributed by atoms with Gasteiger partial charge in [-0.05, 0) is 48.6 Å². The van der Waals surface area contributed by atoms with Gasteiger partial charge >= 0.3 is 12.1 Å². The Labute approximate surface area is 190 Å². The largest absolute Gasteiger partial charge is 0.453 e. The Morgan fingerprint density at radius 1 is 1.12 bits per heavy atom. The maximum absolute atomic E-state index is 13.8. The molecule has 1 N–H and O–H groups in total. The van der Waals surface area contributed by atoms with E-state index in [1.54, 1.807) is 13.8 Å². The highest BCUT2D eigenvalue weighted by molar-refractivity contribution is 14.1. The Hall–Kier alpha value is -2.45. The van der Waals surface area contributed by atoms with E-state index in [-0.39, 0.29) is 34.6 Å². The predicted molar refractivity (Wildman–Crippen MR) is 110 cm³/mol. The lowest BCUT2D eigenvalue weighted by Crippen LogP contribution is -2.36. The molecule has 4 rings (SSSR count). The number of pyridine rings is 1. The molecule has 0 aliphatic carbocycles. The van der Waals surface area contributed by atoms with E-state index in [2.05, 4.69) is 20.3 Å². The number of carbonyl (C=O) groups excluding carboxylic acids is 1. The maximum atomic E-state index is 13.8. The third kappa shape index (κ3) is 3.59. The van der Waals surface area contributed by atoms with E-state index in [0.717, 1.165) is 16.7 Å². The van der Waals surface area contributed by atoms with Gasteiger partial charge in [-0.2, -0.15) is 22.0 Å². The summed E-state index contributed by atoms with van der Waals surface area (Å²) in [5.74, 6) is -5.89. The summed E-state index contributed by atoms with van der Waals surface area (Å²) >= 11 is 1.92. The number of nitrogens with zero attached hydrogens (tertiary/aromatic N) is 4. The number of halogens is 7. The summed E-state index contributed by atoms with van der Waals surface area (Å²) in [7, 11) is 0. The first-order chi connectivity index (χ1) is 14.7. The van der Waals surface area contributed by atoms with Crippen molar-refractivity contribution in [1.29, 1.82) is 0 Å². The van der Waals surface area contributed by atoms with Gasteiger partial charge in [-0.1, -0.05) is 0 Å². The van der Waals surface area contributed by atoms with Crippen LogP contribution < -0.4 is 5.32 Å². The van der Waals surface area contributed by atoms with Crippen molar-refractivity contribution in [3.8, 4) is 11.5 Å². The number of imidazole rings is 1. The number of hydrogen-bond donors (Lipinski definition) is 1. The molecule has 0 radical (unpaired) electrons. The van der Waals surface area contributed by atoms with E-state index in [1.165, 1.54) is 6.07 Å². The fourth-order valence-electron chi connectivity index (χ4n) is 3.43. The summed E-state index contributed by atoms with van der Waals surface area (Å²) in [5.41, 5.74) is -0.0181. The van der Waals surface area contributed by atoms with Gasteiger partial charge in [-0.3, -0.25) is 4.79 Å². The molecule has 1 aliphatic heterocycles. The summed E-state index contributed by atoms with van der Waals surface area (Å²) in [4.78, 5) is 25.1. The Balaban J connectivity index is 1.81. The Morgan fingerprint density at radius 3 is 2.47 bits per heavy atom. The zero-order valence-corrected chi connectivity index (χ0v) is 18.6. The highest BCUT2D eigenvalue weighted by Gasteiger charge is 2.56. The Morgan fingerprint density at radius 2 is 1.81 bits per heavy atom. The lowest BCUT2D eigenvalue weighted by molar-refractivity contribution is -0.284. The van der Waals surface area contributed by atoms with Gasteiger partial charge in [0.2, 0.25) is 5.91 Å². The van der Waals surface area contributed by atoms with Crippen molar-refractivity contribution in [3.63, 3.8) is 0 Å². The fourth-order valence-corrected chi connectivity index (χ4v) is 4.59. The van der Waals surface area contributed by atoms with Gasteiger partial charge in [0.1, 0.15) is 26.9 Å². The highest BCUT2D eigenvalue weighted by Crippen LogP contribution is 2.41. The van der Waals surface area contributed by atoms with Crippen LogP contribution in [0.25, 0.3) is 17.0 Å². The van der Waals surface area contributed by atoms with Crippen LogP contribution in [0.4, 0.5) is 32.2 Å². The van der Waals surface area contributed by atoms with Crippen LogP contribution in [0, 0.1) is 9.52 Å². The summed E-state index contributed by atoms with van der Waals surface area (Å²) in [5, 5.41) is 2.65. The second-order valence-corrected chi connectivity index (χ2v) is 8.84. The third-order valence-corrected chi connectivity index (χ3v) is 6.03. The summed E-state index contributed by atoms with van der Waals surface area (Å²) < 4.78 is 79.9. The molecule has 4 heterocycles. The van der Waals surface area contributed by atoms with E-state index in [4.69, 9.17) is 0 Å². The molecule has 1 amide bonds. The minimum atomic E-state index is -5.71. The van der Waals surface area contributed by atoms with Crippen molar-refractivity contribution in [2.75, 3.05) is 5.32 Å². The molecule has 3 aromatic heterocycles. The number of aryl methyl sites for hydroxylation is 1. The van der Waals surface area contributed by atoms with Crippen molar-refractivity contribution in [2.45, 2.75) is 44.2 Å². The molecule has 3 aromatic rings. The number of carbonyl (C=O) groups is 1. The van der Waals surface area contributed by atoms with Crippen LogP contribution in [0.5, 0.6) is 0 Å². The van der Waals surface area contributed by atoms with Crippen LogP contribution in [0.15, 0.2) is 18.3 Å². The van der Waals surface area contributed by atoms with E-state index in [1.807, 2.05) is 22.6 Å². The fraction of sp³-hybridized carbons (Fsp3) is 0.368. The van der Waals surface area contributed by atoms with Crippen LogP contribution in [-0.2, 0) is 16.6 Å². The zero-order valence-electron chi connectivity index (χ0n) is 16.5. The smallest absolute Gasteiger partial charge is 0.310 e. The van der Waals surface area contributed by atoms with Gasteiger partial charge in [-0.15, -0.1) is 0 Å². The molecule has 0 atom stereocenters. The molecular weight excluding hydrogens is 555 g/mol. The zero-order chi connectivity index (χ0) is 23.6. The Kier molecular flexibility index (Phi) is 5.17. The first kappa shape index (κ1) is 22.7. The number of aromatic nitrogens is 4. The normalized spacial score (nSPS) is 15.8. The van der Waals surface area contributed by atoms with Gasteiger partial charge in [-0.25, -0.2) is 19.3 Å². The molecule has 0 fully saturated rings. The third-order valence-electron chi connectivity index (χ3n) is 5.25. The topological polar surface area (TPSA) is 72.2 Å². The minimum Gasteiger partial charge on any atom is -0.310 e. The number of nitrogens with one attached hydrogen (secondary N) is 1. The molecule has 0 saturated carbocycles. The van der Waals surface area contributed by atoms with Crippen molar-refractivity contribution in [3.05, 3.63) is 39.2 Å². The first-order valence-corrected chi connectivity index (χ1v) is 10.3. The molecular formula is C19H14F6IN5O. The summed E-state index contributed by atoms with van der Waals surface area (Å²) in [6, 6.07) is 2.40.